The molecule has 0 saturated heterocycles. The Balaban J connectivity index is 1.60. The summed E-state index contributed by atoms with van der Waals surface area (Å²) in [6, 6.07) is 11.9. The molecule has 0 aliphatic heterocycles. The van der Waals surface area contributed by atoms with Crippen molar-refractivity contribution < 1.29 is 0 Å². The topological polar surface area (TPSA) is 67.1 Å². The van der Waals surface area contributed by atoms with Gasteiger partial charge in [0.15, 0.2) is 5.96 Å². The second-order valence-corrected chi connectivity index (χ2v) is 7.42. The summed E-state index contributed by atoms with van der Waals surface area (Å²) in [5.74, 6) is 1.76. The molecule has 27 heavy (non-hydrogen) atoms. The first-order valence-electron chi connectivity index (χ1n) is 8.90. The molecule has 0 saturated carbocycles. The van der Waals surface area contributed by atoms with Crippen LogP contribution >= 0.6 is 22.9 Å². The molecule has 0 fully saturated rings. The van der Waals surface area contributed by atoms with E-state index >= 15 is 0 Å². The van der Waals surface area contributed by atoms with Crippen molar-refractivity contribution in [3.05, 3.63) is 69.4 Å². The van der Waals surface area contributed by atoms with Gasteiger partial charge in [-0.25, -0.2) is 4.99 Å². The fourth-order valence-electron chi connectivity index (χ4n) is 2.60. The standard InChI is InChI=1S/C19H23ClN6S/c1-2-18-25-24-14-26(18)9-8-21-19(23-13-17-7-4-10-27-17)22-12-15-5-3-6-16(20)11-15/h3-7,10-11,14H,2,8-9,12-13H2,1H3,(H2,21,22,23). The van der Waals surface area contributed by atoms with E-state index in [2.05, 4.69) is 49.8 Å². The Hall–Kier alpha value is -2.38. The van der Waals surface area contributed by atoms with E-state index < -0.39 is 0 Å². The van der Waals surface area contributed by atoms with Crippen LogP contribution in [-0.4, -0.2) is 27.3 Å². The average Bonchev–Trinajstić information content (AvgIpc) is 3.35. The summed E-state index contributed by atoms with van der Waals surface area (Å²) < 4.78 is 2.06. The van der Waals surface area contributed by atoms with E-state index in [9.17, 15) is 0 Å². The summed E-state index contributed by atoms with van der Waals surface area (Å²) in [7, 11) is 0. The summed E-state index contributed by atoms with van der Waals surface area (Å²) in [5.41, 5.74) is 1.08. The van der Waals surface area contributed by atoms with Gasteiger partial charge in [-0.2, -0.15) is 0 Å². The van der Waals surface area contributed by atoms with E-state index in [0.29, 0.717) is 6.54 Å². The maximum atomic E-state index is 6.07. The maximum Gasteiger partial charge on any atom is 0.191 e. The number of aryl methyl sites for hydroxylation is 1. The van der Waals surface area contributed by atoms with Crippen molar-refractivity contribution in [1.29, 1.82) is 0 Å². The van der Waals surface area contributed by atoms with Crippen LogP contribution in [0.5, 0.6) is 0 Å². The van der Waals surface area contributed by atoms with Crippen molar-refractivity contribution in [2.75, 3.05) is 6.54 Å². The number of halogens is 1. The molecule has 2 heterocycles. The lowest BCUT2D eigenvalue weighted by molar-refractivity contribution is 0.631. The van der Waals surface area contributed by atoms with Crippen molar-refractivity contribution in [1.82, 2.24) is 25.4 Å². The largest absolute Gasteiger partial charge is 0.355 e. The summed E-state index contributed by atoms with van der Waals surface area (Å²) in [6.07, 6.45) is 2.63. The minimum absolute atomic E-state index is 0.563. The van der Waals surface area contributed by atoms with Gasteiger partial charge in [0.25, 0.3) is 0 Å². The van der Waals surface area contributed by atoms with Crippen molar-refractivity contribution in [3.8, 4) is 0 Å². The van der Waals surface area contributed by atoms with Gasteiger partial charge in [0.05, 0.1) is 13.1 Å². The third kappa shape index (κ3) is 6.08. The molecule has 2 aromatic heterocycles. The number of benzene rings is 1. The fraction of sp³-hybridized carbons (Fsp3) is 0.316. The normalized spacial score (nSPS) is 11.6. The Kier molecular flexibility index (Phi) is 7.24. The molecule has 0 atom stereocenters. The van der Waals surface area contributed by atoms with E-state index in [1.54, 1.807) is 17.7 Å². The lowest BCUT2D eigenvalue weighted by Gasteiger charge is -2.13. The van der Waals surface area contributed by atoms with Gasteiger partial charge in [0.2, 0.25) is 0 Å². The van der Waals surface area contributed by atoms with Crippen LogP contribution in [0.25, 0.3) is 0 Å². The second-order valence-electron chi connectivity index (χ2n) is 5.95. The summed E-state index contributed by atoms with van der Waals surface area (Å²) in [6.45, 7) is 4.90. The van der Waals surface area contributed by atoms with Gasteiger partial charge >= 0.3 is 0 Å². The Labute approximate surface area is 168 Å². The molecular formula is C19H23ClN6S. The molecule has 0 bridgehead atoms. The van der Waals surface area contributed by atoms with Gasteiger partial charge in [-0.3, -0.25) is 0 Å². The molecule has 1 aromatic carbocycles. The Morgan fingerprint density at radius 2 is 2.19 bits per heavy atom. The zero-order valence-electron chi connectivity index (χ0n) is 15.2. The molecule has 0 amide bonds. The Morgan fingerprint density at radius 3 is 2.96 bits per heavy atom. The van der Waals surface area contributed by atoms with Crippen LogP contribution in [0, 0.1) is 0 Å². The highest BCUT2D eigenvalue weighted by atomic mass is 35.5. The minimum atomic E-state index is 0.563. The monoisotopic (exact) mass is 402 g/mol. The number of nitrogens with one attached hydrogen (secondary N) is 2. The molecule has 0 unspecified atom stereocenters. The molecule has 0 aliphatic rings. The van der Waals surface area contributed by atoms with Gasteiger partial charge in [-0.05, 0) is 29.1 Å². The number of aliphatic imine (C=N–C) groups is 1. The molecule has 2 N–H and O–H groups in total. The third-order valence-electron chi connectivity index (χ3n) is 3.98. The van der Waals surface area contributed by atoms with E-state index in [4.69, 9.17) is 16.6 Å². The van der Waals surface area contributed by atoms with Crippen LogP contribution in [0.1, 0.15) is 23.2 Å². The first kappa shape index (κ1) is 19.4. The smallest absolute Gasteiger partial charge is 0.191 e. The van der Waals surface area contributed by atoms with Gasteiger partial charge in [0, 0.05) is 29.4 Å². The molecule has 3 aromatic rings. The van der Waals surface area contributed by atoms with Crippen LogP contribution in [0.4, 0.5) is 0 Å². The number of rotatable bonds is 8. The highest BCUT2D eigenvalue weighted by molar-refractivity contribution is 7.09. The quantitative estimate of drug-likeness (QED) is 0.447. The molecule has 0 radical (unpaired) electrons. The maximum absolute atomic E-state index is 6.07. The zero-order valence-corrected chi connectivity index (χ0v) is 16.8. The third-order valence-corrected chi connectivity index (χ3v) is 5.09. The number of nitrogens with zero attached hydrogens (tertiary/aromatic N) is 4. The van der Waals surface area contributed by atoms with Crippen molar-refractivity contribution in [2.45, 2.75) is 33.0 Å². The van der Waals surface area contributed by atoms with Gasteiger partial charge in [0.1, 0.15) is 12.2 Å². The lowest BCUT2D eigenvalue weighted by atomic mass is 10.2. The summed E-state index contributed by atoms with van der Waals surface area (Å²) in [4.78, 5) is 5.96. The van der Waals surface area contributed by atoms with Crippen LogP contribution in [0.2, 0.25) is 5.02 Å². The van der Waals surface area contributed by atoms with Crippen LogP contribution in [0.3, 0.4) is 0 Å². The highest BCUT2D eigenvalue weighted by Crippen LogP contribution is 2.11. The number of thiophene rings is 1. The highest BCUT2D eigenvalue weighted by Gasteiger charge is 2.04. The molecule has 0 spiro atoms. The van der Waals surface area contributed by atoms with Gasteiger partial charge in [-0.15, -0.1) is 21.5 Å². The summed E-state index contributed by atoms with van der Waals surface area (Å²) in [5, 5.41) is 17.7. The fourth-order valence-corrected chi connectivity index (χ4v) is 3.46. The van der Waals surface area contributed by atoms with Crippen LogP contribution in [-0.2, 0) is 26.1 Å². The second kappa shape index (κ2) is 10.1. The number of aromatic nitrogens is 3. The van der Waals surface area contributed by atoms with Crippen LogP contribution in [0.15, 0.2) is 53.1 Å². The molecule has 142 valence electrons. The van der Waals surface area contributed by atoms with Crippen LogP contribution < -0.4 is 10.6 Å². The van der Waals surface area contributed by atoms with Crippen molar-refractivity contribution in [3.63, 3.8) is 0 Å². The van der Waals surface area contributed by atoms with E-state index in [-0.39, 0.29) is 0 Å². The number of guanidine groups is 1. The zero-order chi connectivity index (χ0) is 18.9. The summed E-state index contributed by atoms with van der Waals surface area (Å²) >= 11 is 7.79. The predicted octanol–water partition coefficient (Wildman–Crippen LogP) is 3.49. The van der Waals surface area contributed by atoms with Crippen molar-refractivity contribution >= 4 is 28.9 Å². The Bertz CT molecular complexity index is 859. The molecule has 8 heteroatoms. The lowest BCUT2D eigenvalue weighted by Crippen LogP contribution is -2.38. The molecular weight excluding hydrogens is 380 g/mol. The average molecular weight is 403 g/mol. The van der Waals surface area contributed by atoms with Gasteiger partial charge in [-0.1, -0.05) is 36.7 Å². The number of hydrogen-bond donors (Lipinski definition) is 2. The van der Waals surface area contributed by atoms with E-state index in [1.165, 1.54) is 4.88 Å². The first-order valence-corrected chi connectivity index (χ1v) is 10.2. The van der Waals surface area contributed by atoms with Crippen molar-refractivity contribution in [2.24, 2.45) is 4.99 Å². The number of hydrogen-bond acceptors (Lipinski definition) is 4. The first-order chi connectivity index (χ1) is 13.2. The van der Waals surface area contributed by atoms with E-state index in [1.807, 2.05) is 24.3 Å². The van der Waals surface area contributed by atoms with E-state index in [0.717, 1.165) is 48.4 Å². The minimum Gasteiger partial charge on any atom is -0.355 e. The van der Waals surface area contributed by atoms with Gasteiger partial charge < -0.3 is 15.2 Å². The molecule has 3 rings (SSSR count). The Morgan fingerprint density at radius 1 is 1.26 bits per heavy atom. The predicted molar refractivity (Wildman–Crippen MR) is 111 cm³/mol. The molecule has 6 nitrogen and oxygen atoms in total. The molecule has 0 aliphatic carbocycles. The SMILES string of the molecule is CCc1nncn1CCNC(=NCc1cccc(Cl)c1)NCc1cccs1.